The molecule has 0 aromatic heterocycles. The van der Waals surface area contributed by atoms with Crippen LogP contribution in [0.3, 0.4) is 0 Å². The number of methoxy groups -OCH3 is 1. The maximum Gasteiger partial charge on any atom is 0.133 e. The van der Waals surface area contributed by atoms with E-state index in [1.54, 1.807) is 21.0 Å². The van der Waals surface area contributed by atoms with E-state index in [0.717, 1.165) is 15.9 Å². The molecule has 15 heavy (non-hydrogen) atoms. The van der Waals surface area contributed by atoms with Crippen molar-refractivity contribution in [1.82, 2.24) is 0 Å². The number of nitrogens with one attached hydrogen (secondary N) is 1. The Morgan fingerprint density at radius 1 is 1.47 bits per heavy atom. The van der Waals surface area contributed by atoms with Gasteiger partial charge in [0.2, 0.25) is 0 Å². The second-order valence-corrected chi connectivity index (χ2v) is 4.87. The number of aliphatic hydroxyl groups is 1. The van der Waals surface area contributed by atoms with Gasteiger partial charge in [-0.3, -0.25) is 0 Å². The summed E-state index contributed by atoms with van der Waals surface area (Å²) in [6.07, 6.45) is 0. The molecule has 2 N–H and O–H groups in total. The Kier molecular flexibility index (Phi) is 3.99. The molecule has 0 aliphatic carbocycles. The van der Waals surface area contributed by atoms with Crippen molar-refractivity contribution in [1.29, 1.82) is 0 Å². The zero-order valence-electron chi connectivity index (χ0n) is 9.17. The smallest absolute Gasteiger partial charge is 0.133 e. The fraction of sp³-hybridized carbons (Fsp3) is 0.455. The molecule has 0 unspecified atom stereocenters. The molecule has 0 atom stereocenters. The zero-order chi connectivity index (χ0) is 11.5. The molecule has 0 bridgehead atoms. The number of rotatable bonds is 4. The largest absolute Gasteiger partial charge is 0.496 e. The van der Waals surface area contributed by atoms with Crippen LogP contribution < -0.4 is 10.1 Å². The lowest BCUT2D eigenvalue weighted by Gasteiger charge is -2.18. The molecule has 0 saturated carbocycles. The average Bonchev–Trinajstić information content (AvgIpc) is 2.14. The van der Waals surface area contributed by atoms with E-state index in [4.69, 9.17) is 4.74 Å². The summed E-state index contributed by atoms with van der Waals surface area (Å²) >= 11 is 3.40. The highest BCUT2D eigenvalue weighted by Crippen LogP contribution is 2.27. The van der Waals surface area contributed by atoms with Crippen molar-refractivity contribution in [3.05, 3.63) is 22.7 Å². The van der Waals surface area contributed by atoms with Crippen LogP contribution in [0.15, 0.2) is 22.7 Å². The van der Waals surface area contributed by atoms with E-state index in [2.05, 4.69) is 21.2 Å². The average molecular weight is 274 g/mol. The van der Waals surface area contributed by atoms with Crippen LogP contribution in [0.5, 0.6) is 5.75 Å². The first-order valence-electron chi connectivity index (χ1n) is 4.72. The number of hydrogen-bond donors (Lipinski definition) is 2. The van der Waals surface area contributed by atoms with Crippen molar-refractivity contribution in [2.24, 2.45) is 0 Å². The summed E-state index contributed by atoms with van der Waals surface area (Å²) in [6.45, 7) is 4.03. The highest BCUT2D eigenvalue weighted by molar-refractivity contribution is 9.10. The Balaban J connectivity index is 2.68. The lowest BCUT2D eigenvalue weighted by molar-refractivity contribution is 0.0945. The van der Waals surface area contributed by atoms with E-state index in [-0.39, 0.29) is 0 Å². The number of anilines is 1. The Morgan fingerprint density at radius 3 is 2.60 bits per heavy atom. The summed E-state index contributed by atoms with van der Waals surface area (Å²) in [4.78, 5) is 0. The van der Waals surface area contributed by atoms with Crippen molar-refractivity contribution in [3.8, 4) is 5.75 Å². The van der Waals surface area contributed by atoms with Crippen LogP contribution in [0.4, 0.5) is 5.69 Å². The molecular weight excluding hydrogens is 258 g/mol. The normalized spacial score (nSPS) is 11.3. The molecule has 0 radical (unpaired) electrons. The van der Waals surface area contributed by atoms with Crippen LogP contribution in [0.1, 0.15) is 13.8 Å². The first kappa shape index (κ1) is 12.3. The topological polar surface area (TPSA) is 41.5 Å². The van der Waals surface area contributed by atoms with Gasteiger partial charge in [0, 0.05) is 12.2 Å². The monoisotopic (exact) mass is 273 g/mol. The molecule has 0 aliphatic heterocycles. The van der Waals surface area contributed by atoms with E-state index in [1.807, 2.05) is 18.2 Å². The van der Waals surface area contributed by atoms with E-state index in [9.17, 15) is 5.11 Å². The number of halogens is 1. The van der Waals surface area contributed by atoms with Crippen LogP contribution in [-0.4, -0.2) is 24.4 Å². The molecule has 1 aromatic carbocycles. The molecule has 0 heterocycles. The van der Waals surface area contributed by atoms with Gasteiger partial charge in [0.05, 0.1) is 17.2 Å². The standard InChI is InChI=1S/C11H16BrNO2/c1-11(2,14)7-13-8-4-5-10(15-3)9(12)6-8/h4-6,13-14H,7H2,1-3H3. The molecule has 1 rings (SSSR count). The third-order valence-corrected chi connectivity index (χ3v) is 2.50. The zero-order valence-corrected chi connectivity index (χ0v) is 10.8. The molecule has 3 nitrogen and oxygen atoms in total. The summed E-state index contributed by atoms with van der Waals surface area (Å²) in [6, 6.07) is 5.71. The van der Waals surface area contributed by atoms with Crippen LogP contribution in [0.2, 0.25) is 0 Å². The maximum absolute atomic E-state index is 9.55. The van der Waals surface area contributed by atoms with Gasteiger partial charge in [0.15, 0.2) is 0 Å². The summed E-state index contributed by atoms with van der Waals surface area (Å²) in [5.74, 6) is 0.795. The molecule has 0 saturated heterocycles. The predicted molar refractivity (Wildman–Crippen MR) is 65.5 cm³/mol. The van der Waals surface area contributed by atoms with Gasteiger partial charge in [-0.1, -0.05) is 0 Å². The van der Waals surface area contributed by atoms with Crippen LogP contribution in [0, 0.1) is 0 Å². The summed E-state index contributed by atoms with van der Waals surface area (Å²) in [7, 11) is 1.63. The van der Waals surface area contributed by atoms with Gasteiger partial charge in [-0.2, -0.15) is 0 Å². The van der Waals surface area contributed by atoms with Crippen molar-refractivity contribution < 1.29 is 9.84 Å². The summed E-state index contributed by atoms with van der Waals surface area (Å²) in [5, 5.41) is 12.7. The fourth-order valence-electron chi connectivity index (χ4n) is 1.09. The minimum atomic E-state index is -0.716. The lowest BCUT2D eigenvalue weighted by Crippen LogP contribution is -2.29. The van der Waals surface area contributed by atoms with Gasteiger partial charge in [-0.15, -0.1) is 0 Å². The van der Waals surface area contributed by atoms with Gasteiger partial charge < -0.3 is 15.2 Å². The molecule has 84 valence electrons. The summed E-state index contributed by atoms with van der Waals surface area (Å²) < 4.78 is 6.02. The number of ether oxygens (including phenoxy) is 1. The minimum absolute atomic E-state index is 0.506. The SMILES string of the molecule is COc1ccc(NCC(C)(C)O)cc1Br. The maximum atomic E-state index is 9.55. The Bertz CT molecular complexity index is 334. The van der Waals surface area contributed by atoms with Crippen LogP contribution in [-0.2, 0) is 0 Å². The third kappa shape index (κ3) is 4.10. The number of hydrogen-bond acceptors (Lipinski definition) is 3. The third-order valence-electron chi connectivity index (χ3n) is 1.88. The highest BCUT2D eigenvalue weighted by atomic mass is 79.9. The Hall–Kier alpha value is -0.740. The fourth-order valence-corrected chi connectivity index (χ4v) is 1.64. The molecule has 0 amide bonds. The van der Waals surface area contributed by atoms with Crippen molar-refractivity contribution in [2.75, 3.05) is 19.0 Å². The van der Waals surface area contributed by atoms with Gasteiger partial charge in [0.1, 0.15) is 5.75 Å². The minimum Gasteiger partial charge on any atom is -0.496 e. The van der Waals surface area contributed by atoms with E-state index < -0.39 is 5.60 Å². The highest BCUT2D eigenvalue weighted by Gasteiger charge is 2.11. The van der Waals surface area contributed by atoms with Crippen LogP contribution >= 0.6 is 15.9 Å². The van der Waals surface area contributed by atoms with E-state index in [1.165, 1.54) is 0 Å². The molecule has 0 aliphatic rings. The molecule has 1 aromatic rings. The van der Waals surface area contributed by atoms with Gasteiger partial charge in [-0.25, -0.2) is 0 Å². The predicted octanol–water partition coefficient (Wildman–Crippen LogP) is 2.64. The second-order valence-electron chi connectivity index (χ2n) is 4.02. The quantitative estimate of drug-likeness (QED) is 0.886. The Labute approximate surface area is 98.6 Å². The van der Waals surface area contributed by atoms with Crippen LogP contribution in [0.25, 0.3) is 0 Å². The van der Waals surface area contributed by atoms with E-state index >= 15 is 0 Å². The number of benzene rings is 1. The molecular formula is C11H16BrNO2. The first-order valence-corrected chi connectivity index (χ1v) is 5.51. The molecule has 0 fully saturated rings. The second kappa shape index (κ2) is 4.86. The molecule has 0 spiro atoms. The van der Waals surface area contributed by atoms with Crippen molar-refractivity contribution >= 4 is 21.6 Å². The summed E-state index contributed by atoms with van der Waals surface area (Å²) in [5.41, 5.74) is 0.233. The lowest BCUT2D eigenvalue weighted by atomic mass is 10.1. The van der Waals surface area contributed by atoms with Gasteiger partial charge in [-0.05, 0) is 48.0 Å². The van der Waals surface area contributed by atoms with Gasteiger partial charge >= 0.3 is 0 Å². The van der Waals surface area contributed by atoms with Crippen molar-refractivity contribution in [2.45, 2.75) is 19.4 Å². The van der Waals surface area contributed by atoms with E-state index in [0.29, 0.717) is 6.54 Å². The van der Waals surface area contributed by atoms with Gasteiger partial charge in [0.25, 0.3) is 0 Å². The molecule has 4 heteroatoms. The Morgan fingerprint density at radius 2 is 2.13 bits per heavy atom. The first-order chi connectivity index (χ1) is 6.92. The van der Waals surface area contributed by atoms with Crippen molar-refractivity contribution in [3.63, 3.8) is 0 Å².